The van der Waals surface area contributed by atoms with Crippen molar-refractivity contribution in [2.24, 2.45) is 5.92 Å². The highest BCUT2D eigenvalue weighted by atomic mass is 19.1. The number of rotatable bonds is 5. The number of piperidine rings is 1. The van der Waals surface area contributed by atoms with Crippen LogP contribution in [-0.4, -0.2) is 40.6 Å². The molecule has 0 aliphatic carbocycles. The van der Waals surface area contributed by atoms with E-state index >= 15 is 0 Å². The number of hydrogen-bond donors (Lipinski definition) is 1. The molecule has 1 fully saturated rings. The monoisotopic (exact) mass is 332 g/mol. The van der Waals surface area contributed by atoms with Crippen molar-refractivity contribution in [2.45, 2.75) is 26.3 Å². The van der Waals surface area contributed by atoms with Gasteiger partial charge in [0.05, 0.1) is 12.1 Å². The smallest absolute Gasteiger partial charge is 0.254 e. The van der Waals surface area contributed by atoms with Gasteiger partial charge in [-0.3, -0.25) is 9.69 Å². The molecule has 1 unspecified atom stereocenters. The molecule has 7 heteroatoms. The number of amides is 1. The van der Waals surface area contributed by atoms with E-state index in [1.54, 1.807) is 19.1 Å². The molecular weight excluding hydrogens is 311 g/mol. The zero-order valence-corrected chi connectivity index (χ0v) is 13.7. The second kappa shape index (κ2) is 7.53. The predicted octanol–water partition coefficient (Wildman–Crippen LogP) is 2.16. The quantitative estimate of drug-likeness (QED) is 0.908. The van der Waals surface area contributed by atoms with Crippen LogP contribution in [0.1, 0.15) is 34.6 Å². The molecule has 2 aromatic rings. The first kappa shape index (κ1) is 16.6. The van der Waals surface area contributed by atoms with Crippen molar-refractivity contribution in [3.63, 3.8) is 0 Å². The van der Waals surface area contributed by atoms with Crippen LogP contribution in [0.5, 0.6) is 0 Å². The molecule has 6 nitrogen and oxygen atoms in total. The second-order valence-electron chi connectivity index (χ2n) is 6.24. The molecule has 0 radical (unpaired) electrons. The Bertz CT molecular complexity index is 690. The van der Waals surface area contributed by atoms with Crippen LogP contribution in [0.4, 0.5) is 4.39 Å². The molecule has 3 rings (SSSR count). The van der Waals surface area contributed by atoms with Gasteiger partial charge in [0.25, 0.3) is 5.91 Å². The lowest BCUT2D eigenvalue weighted by Gasteiger charge is -2.31. The van der Waals surface area contributed by atoms with Gasteiger partial charge in [-0.05, 0) is 43.9 Å². The number of nitrogens with zero attached hydrogens (tertiary/aromatic N) is 3. The summed E-state index contributed by atoms with van der Waals surface area (Å²) in [7, 11) is 0. The van der Waals surface area contributed by atoms with Crippen molar-refractivity contribution in [3.8, 4) is 0 Å². The number of carbonyl (C=O) groups is 1. The lowest BCUT2D eigenvalue weighted by Crippen LogP contribution is -2.40. The fourth-order valence-corrected chi connectivity index (χ4v) is 3.08. The molecule has 2 heterocycles. The van der Waals surface area contributed by atoms with Gasteiger partial charge < -0.3 is 9.84 Å². The van der Waals surface area contributed by atoms with Gasteiger partial charge in [0.15, 0.2) is 5.82 Å². The minimum Gasteiger partial charge on any atom is -0.352 e. The summed E-state index contributed by atoms with van der Waals surface area (Å²) in [5, 5.41) is 6.69. The van der Waals surface area contributed by atoms with Crippen LogP contribution in [0.15, 0.2) is 29.1 Å². The summed E-state index contributed by atoms with van der Waals surface area (Å²) in [4.78, 5) is 18.5. The summed E-state index contributed by atoms with van der Waals surface area (Å²) in [5.41, 5.74) is 0.584. The van der Waals surface area contributed by atoms with Gasteiger partial charge in [-0.15, -0.1) is 0 Å². The molecule has 0 bridgehead atoms. The lowest BCUT2D eigenvalue weighted by molar-refractivity contribution is 0.0925. The molecule has 1 amide bonds. The highest BCUT2D eigenvalue weighted by Crippen LogP contribution is 2.18. The number of nitrogens with one attached hydrogen (secondary N) is 1. The summed E-state index contributed by atoms with van der Waals surface area (Å²) in [6, 6.07) is 4.87. The normalized spacial score (nSPS) is 18.5. The molecule has 128 valence electrons. The van der Waals surface area contributed by atoms with Gasteiger partial charge in [-0.2, -0.15) is 4.98 Å². The Morgan fingerprint density at radius 3 is 3.17 bits per heavy atom. The average molecular weight is 332 g/mol. The highest BCUT2D eigenvalue weighted by molar-refractivity contribution is 5.94. The first-order valence-corrected chi connectivity index (χ1v) is 8.14. The maximum Gasteiger partial charge on any atom is 0.254 e. The number of carbonyl (C=O) groups excluding carboxylic acids is 1. The van der Waals surface area contributed by atoms with Crippen LogP contribution in [-0.2, 0) is 6.54 Å². The Hall–Kier alpha value is -2.28. The first-order valence-electron chi connectivity index (χ1n) is 8.14. The van der Waals surface area contributed by atoms with E-state index in [-0.39, 0.29) is 11.5 Å². The fraction of sp³-hybridized carbons (Fsp3) is 0.471. The van der Waals surface area contributed by atoms with E-state index in [4.69, 9.17) is 4.52 Å². The molecule has 1 aliphatic rings. The molecule has 1 saturated heterocycles. The van der Waals surface area contributed by atoms with Crippen LogP contribution in [0.25, 0.3) is 0 Å². The molecule has 1 aliphatic heterocycles. The summed E-state index contributed by atoms with van der Waals surface area (Å²) < 4.78 is 18.8. The van der Waals surface area contributed by atoms with Crippen molar-refractivity contribution < 1.29 is 13.7 Å². The Morgan fingerprint density at radius 1 is 1.50 bits per heavy atom. The third kappa shape index (κ3) is 3.97. The molecule has 1 atom stereocenters. The zero-order chi connectivity index (χ0) is 16.9. The Morgan fingerprint density at radius 2 is 2.38 bits per heavy atom. The summed E-state index contributed by atoms with van der Waals surface area (Å²) in [5.74, 6) is 0.202. The maximum atomic E-state index is 14.0. The number of benzene rings is 1. The summed E-state index contributed by atoms with van der Waals surface area (Å²) in [6.45, 7) is 4.67. The first-order chi connectivity index (χ1) is 11.6. The van der Waals surface area contributed by atoms with Gasteiger partial charge in [-0.1, -0.05) is 17.3 Å². The third-order valence-corrected chi connectivity index (χ3v) is 4.36. The van der Waals surface area contributed by atoms with Crippen molar-refractivity contribution in [2.75, 3.05) is 19.6 Å². The highest BCUT2D eigenvalue weighted by Gasteiger charge is 2.22. The molecule has 1 aromatic heterocycles. The van der Waals surface area contributed by atoms with Crippen LogP contribution < -0.4 is 5.32 Å². The van der Waals surface area contributed by atoms with Gasteiger partial charge in [-0.25, -0.2) is 4.39 Å². The average Bonchev–Trinajstić information content (AvgIpc) is 3.08. The summed E-state index contributed by atoms with van der Waals surface area (Å²) in [6.07, 6.45) is 3.42. The lowest BCUT2D eigenvalue weighted by atomic mass is 9.97. The van der Waals surface area contributed by atoms with E-state index in [1.807, 2.05) is 0 Å². The summed E-state index contributed by atoms with van der Waals surface area (Å²) >= 11 is 0. The fourth-order valence-electron chi connectivity index (χ4n) is 3.08. The molecular formula is C17H21FN4O2. The van der Waals surface area contributed by atoms with Gasteiger partial charge >= 0.3 is 0 Å². The number of likely N-dealkylation sites (tertiary alicyclic amines) is 1. The largest absolute Gasteiger partial charge is 0.352 e. The number of halogens is 1. The van der Waals surface area contributed by atoms with Crippen molar-refractivity contribution >= 4 is 5.91 Å². The number of hydrogen-bond acceptors (Lipinski definition) is 5. The second-order valence-corrected chi connectivity index (χ2v) is 6.24. The van der Waals surface area contributed by atoms with E-state index in [0.717, 1.165) is 25.9 Å². The Kier molecular flexibility index (Phi) is 5.20. The van der Waals surface area contributed by atoms with E-state index in [1.165, 1.54) is 12.5 Å². The number of aromatic nitrogens is 2. The van der Waals surface area contributed by atoms with Crippen molar-refractivity contribution in [1.29, 1.82) is 0 Å². The predicted molar refractivity (Wildman–Crippen MR) is 85.8 cm³/mol. The third-order valence-electron chi connectivity index (χ3n) is 4.36. The zero-order valence-electron chi connectivity index (χ0n) is 13.7. The van der Waals surface area contributed by atoms with E-state index in [2.05, 4.69) is 20.4 Å². The van der Waals surface area contributed by atoms with Crippen LogP contribution >= 0.6 is 0 Å². The SMILES string of the molecule is Cc1cccc(C(=O)NCC2CCCN(Cc3ncon3)C2)c1F. The standard InChI is InChI=1S/C17H21FN4O2/c1-12-4-2-6-14(16(12)18)17(23)19-8-13-5-3-7-22(9-13)10-15-20-11-24-21-15/h2,4,6,11,13H,3,5,7-10H2,1H3,(H,19,23). The van der Waals surface area contributed by atoms with Crippen LogP contribution in [0, 0.1) is 18.7 Å². The molecule has 1 aromatic carbocycles. The molecule has 0 saturated carbocycles. The van der Waals surface area contributed by atoms with Gasteiger partial charge in [0.2, 0.25) is 6.39 Å². The van der Waals surface area contributed by atoms with Gasteiger partial charge in [0, 0.05) is 13.1 Å². The minimum atomic E-state index is -0.447. The van der Waals surface area contributed by atoms with Crippen molar-refractivity contribution in [3.05, 3.63) is 47.4 Å². The molecule has 24 heavy (non-hydrogen) atoms. The van der Waals surface area contributed by atoms with Crippen molar-refractivity contribution in [1.82, 2.24) is 20.4 Å². The molecule has 1 N–H and O–H groups in total. The Labute approximate surface area is 140 Å². The van der Waals surface area contributed by atoms with E-state index in [9.17, 15) is 9.18 Å². The maximum absolute atomic E-state index is 14.0. The number of aryl methyl sites for hydroxylation is 1. The van der Waals surface area contributed by atoms with E-state index in [0.29, 0.717) is 30.4 Å². The topological polar surface area (TPSA) is 71.3 Å². The van der Waals surface area contributed by atoms with Crippen LogP contribution in [0.2, 0.25) is 0 Å². The van der Waals surface area contributed by atoms with Crippen LogP contribution in [0.3, 0.4) is 0 Å². The minimum absolute atomic E-state index is 0.106. The molecule has 0 spiro atoms. The Balaban J connectivity index is 1.52. The van der Waals surface area contributed by atoms with Gasteiger partial charge in [0.1, 0.15) is 5.82 Å². The van der Waals surface area contributed by atoms with E-state index < -0.39 is 5.82 Å².